The maximum Gasteiger partial charge on any atom is 0.451 e. The van der Waals surface area contributed by atoms with E-state index in [1.54, 1.807) is 31.3 Å². The van der Waals surface area contributed by atoms with Gasteiger partial charge in [0.15, 0.2) is 6.29 Å². The zero-order valence-corrected chi connectivity index (χ0v) is 19.0. The van der Waals surface area contributed by atoms with Gasteiger partial charge in [-0.25, -0.2) is 15.0 Å². The lowest BCUT2D eigenvalue weighted by molar-refractivity contribution is -0.145. The van der Waals surface area contributed by atoms with Crippen molar-refractivity contribution < 1.29 is 32.5 Å². The molecule has 2 aromatic heterocycles. The average Bonchev–Trinajstić information content (AvgIpc) is 3.41. The van der Waals surface area contributed by atoms with Crippen molar-refractivity contribution in [3.8, 4) is 16.3 Å². The number of amides is 1. The molecular weight excluding hydrogens is 473 g/mol. The number of ether oxygens (including phenoxy) is 2. The van der Waals surface area contributed by atoms with Crippen LogP contribution < -0.4 is 10.1 Å². The molecule has 1 saturated heterocycles. The third kappa shape index (κ3) is 5.51. The number of thiazole rings is 1. The first-order valence-corrected chi connectivity index (χ1v) is 11.1. The van der Waals surface area contributed by atoms with E-state index in [4.69, 9.17) is 9.47 Å². The highest BCUT2D eigenvalue weighted by Gasteiger charge is 2.34. The summed E-state index contributed by atoms with van der Waals surface area (Å²) in [5, 5.41) is 13.1. The van der Waals surface area contributed by atoms with Crippen molar-refractivity contribution in [2.24, 2.45) is 0 Å². The van der Waals surface area contributed by atoms with E-state index in [0.717, 1.165) is 22.3 Å². The maximum atomic E-state index is 13.2. The lowest BCUT2D eigenvalue weighted by atomic mass is 10.1. The van der Waals surface area contributed by atoms with Gasteiger partial charge in [0.2, 0.25) is 5.82 Å². The second-order valence-electron chi connectivity index (χ2n) is 7.78. The van der Waals surface area contributed by atoms with Crippen LogP contribution in [0.3, 0.4) is 0 Å². The van der Waals surface area contributed by atoms with Crippen LogP contribution in [0.4, 0.5) is 13.2 Å². The number of alkyl halides is 3. The molecule has 3 heterocycles. The molecule has 0 bridgehead atoms. The summed E-state index contributed by atoms with van der Waals surface area (Å²) in [5.41, 5.74) is 1.23. The maximum absolute atomic E-state index is 13.2. The number of aliphatic hydroxyl groups excluding tert-OH is 1. The van der Waals surface area contributed by atoms with Crippen LogP contribution in [0.1, 0.15) is 46.0 Å². The first-order valence-electron chi connectivity index (χ1n) is 10.3. The molecule has 1 fully saturated rings. The number of aromatic nitrogens is 3. The Hall–Kier alpha value is -3.09. The molecule has 0 aliphatic carbocycles. The third-order valence-electron chi connectivity index (χ3n) is 5.10. The van der Waals surface area contributed by atoms with Crippen molar-refractivity contribution in [1.29, 1.82) is 0 Å². The Labute approximate surface area is 196 Å². The molecule has 1 aliphatic rings. The Balaban J connectivity index is 1.58. The minimum absolute atomic E-state index is 0.176. The van der Waals surface area contributed by atoms with Gasteiger partial charge in [0.1, 0.15) is 16.9 Å². The standard InChI is InChI=1S/C22H21F3N4O4S/c1-11-7-26-20(34-11)13-3-4-17(33-15-6-18(30)32-10-15)16(5-13)19(31)29-12(2)14-8-27-21(28-9-14)22(23,24)25/h3-5,7-9,12,15,18,30H,6,10H2,1-2H3,(H,29,31)/t12-,15-,18+/m1/s1. The predicted molar refractivity (Wildman–Crippen MR) is 116 cm³/mol. The molecule has 34 heavy (non-hydrogen) atoms. The first kappa shape index (κ1) is 24.0. The summed E-state index contributed by atoms with van der Waals surface area (Å²) >= 11 is 1.47. The summed E-state index contributed by atoms with van der Waals surface area (Å²) in [6.45, 7) is 3.71. The van der Waals surface area contributed by atoms with Crippen LogP contribution in [0.2, 0.25) is 0 Å². The third-order valence-corrected chi connectivity index (χ3v) is 6.06. The highest BCUT2D eigenvalue weighted by molar-refractivity contribution is 7.14. The van der Waals surface area contributed by atoms with Gasteiger partial charge in [0.25, 0.3) is 5.91 Å². The molecular formula is C22H21F3N4O4S. The highest BCUT2D eigenvalue weighted by Crippen LogP contribution is 2.32. The van der Waals surface area contributed by atoms with Gasteiger partial charge in [-0.15, -0.1) is 11.3 Å². The molecule has 8 nitrogen and oxygen atoms in total. The molecule has 180 valence electrons. The van der Waals surface area contributed by atoms with Gasteiger partial charge < -0.3 is 19.9 Å². The molecule has 2 N–H and O–H groups in total. The zero-order chi connectivity index (χ0) is 24.5. The summed E-state index contributed by atoms with van der Waals surface area (Å²) < 4.78 is 49.2. The predicted octanol–water partition coefficient (Wildman–Crippen LogP) is 3.90. The van der Waals surface area contributed by atoms with Crippen molar-refractivity contribution in [3.63, 3.8) is 0 Å². The van der Waals surface area contributed by atoms with Gasteiger partial charge in [-0.05, 0) is 32.0 Å². The number of hydrogen-bond donors (Lipinski definition) is 2. The molecule has 4 rings (SSSR count). The quantitative estimate of drug-likeness (QED) is 0.535. The molecule has 1 aliphatic heterocycles. The number of rotatable bonds is 6. The van der Waals surface area contributed by atoms with Gasteiger partial charge >= 0.3 is 6.18 Å². The number of carbonyl (C=O) groups excluding carboxylic acids is 1. The number of benzene rings is 1. The van der Waals surface area contributed by atoms with Gasteiger partial charge in [0.05, 0.1) is 18.2 Å². The molecule has 12 heteroatoms. The van der Waals surface area contributed by atoms with Crippen LogP contribution in [0.15, 0.2) is 36.8 Å². The summed E-state index contributed by atoms with van der Waals surface area (Å²) in [4.78, 5) is 25.2. The van der Waals surface area contributed by atoms with E-state index in [9.17, 15) is 23.1 Å². The zero-order valence-electron chi connectivity index (χ0n) is 18.2. The van der Waals surface area contributed by atoms with Crippen LogP contribution >= 0.6 is 11.3 Å². The molecule has 1 amide bonds. The number of nitrogens with one attached hydrogen (secondary N) is 1. The highest BCUT2D eigenvalue weighted by atomic mass is 32.1. The van der Waals surface area contributed by atoms with E-state index in [1.807, 2.05) is 6.92 Å². The van der Waals surface area contributed by atoms with Gasteiger partial charge in [-0.3, -0.25) is 4.79 Å². The van der Waals surface area contributed by atoms with Crippen LogP contribution in [0.5, 0.6) is 5.75 Å². The van der Waals surface area contributed by atoms with Crippen molar-refractivity contribution >= 4 is 17.2 Å². The Kier molecular flexibility index (Phi) is 6.82. The Bertz CT molecular complexity index is 1170. The fraction of sp³-hybridized carbons (Fsp3) is 0.364. The number of nitrogens with zero attached hydrogens (tertiary/aromatic N) is 3. The summed E-state index contributed by atoms with van der Waals surface area (Å²) in [6, 6.07) is 4.40. The van der Waals surface area contributed by atoms with Gasteiger partial charge in [0, 0.05) is 41.0 Å². The van der Waals surface area contributed by atoms with Crippen LogP contribution in [0, 0.1) is 6.92 Å². The van der Waals surface area contributed by atoms with Crippen molar-refractivity contribution in [1.82, 2.24) is 20.3 Å². The summed E-state index contributed by atoms with van der Waals surface area (Å²) in [7, 11) is 0. The number of aryl methyl sites for hydroxylation is 1. The number of halogens is 3. The molecule has 3 atom stereocenters. The number of aliphatic hydroxyl groups is 1. The minimum atomic E-state index is -4.65. The molecule has 0 radical (unpaired) electrons. The number of hydrogen-bond acceptors (Lipinski definition) is 8. The van der Waals surface area contributed by atoms with Crippen molar-refractivity contribution in [3.05, 3.63) is 58.6 Å². The van der Waals surface area contributed by atoms with Crippen LogP contribution in [-0.4, -0.2) is 45.0 Å². The van der Waals surface area contributed by atoms with E-state index in [1.165, 1.54) is 11.3 Å². The van der Waals surface area contributed by atoms with Crippen molar-refractivity contribution in [2.45, 2.75) is 44.9 Å². The minimum Gasteiger partial charge on any atom is -0.487 e. The Morgan fingerprint density at radius 2 is 2.00 bits per heavy atom. The monoisotopic (exact) mass is 494 g/mol. The van der Waals surface area contributed by atoms with Gasteiger partial charge in [-0.2, -0.15) is 13.2 Å². The smallest absolute Gasteiger partial charge is 0.451 e. The van der Waals surface area contributed by atoms with E-state index in [0.29, 0.717) is 11.1 Å². The van der Waals surface area contributed by atoms with Crippen LogP contribution in [-0.2, 0) is 10.9 Å². The lowest BCUT2D eigenvalue weighted by Crippen LogP contribution is -2.28. The second-order valence-corrected chi connectivity index (χ2v) is 9.02. The van der Waals surface area contributed by atoms with Gasteiger partial charge in [-0.1, -0.05) is 0 Å². The van der Waals surface area contributed by atoms with E-state index < -0.39 is 36.3 Å². The topological polar surface area (TPSA) is 106 Å². The second kappa shape index (κ2) is 9.65. The SMILES string of the molecule is Cc1cnc(-c2ccc(O[C@H]3CO[C@H](O)C3)c(C(=O)N[C@H](C)c3cnc(C(F)(F)F)nc3)c2)s1. The van der Waals surface area contributed by atoms with E-state index in [-0.39, 0.29) is 24.3 Å². The van der Waals surface area contributed by atoms with E-state index in [2.05, 4.69) is 20.3 Å². The molecule has 0 spiro atoms. The molecule has 0 saturated carbocycles. The Morgan fingerprint density at radius 3 is 2.59 bits per heavy atom. The summed E-state index contributed by atoms with van der Waals surface area (Å²) in [5.74, 6) is -1.47. The molecule has 0 unspecified atom stereocenters. The van der Waals surface area contributed by atoms with E-state index >= 15 is 0 Å². The van der Waals surface area contributed by atoms with Crippen LogP contribution in [0.25, 0.3) is 10.6 Å². The van der Waals surface area contributed by atoms with Crippen molar-refractivity contribution in [2.75, 3.05) is 6.61 Å². The first-order chi connectivity index (χ1) is 16.1. The molecule has 3 aromatic rings. The molecule has 1 aromatic carbocycles. The average molecular weight is 494 g/mol. The normalized spacial score (nSPS) is 19.1. The Morgan fingerprint density at radius 1 is 1.26 bits per heavy atom. The number of carbonyl (C=O) groups is 1. The fourth-order valence-corrected chi connectivity index (χ4v) is 4.10. The fourth-order valence-electron chi connectivity index (χ4n) is 3.34. The largest absolute Gasteiger partial charge is 0.487 e. The summed E-state index contributed by atoms with van der Waals surface area (Å²) in [6.07, 6.45) is -1.96. The lowest BCUT2D eigenvalue weighted by Gasteiger charge is -2.19.